The van der Waals surface area contributed by atoms with Gasteiger partial charge in [-0.25, -0.2) is 4.39 Å². The van der Waals surface area contributed by atoms with E-state index < -0.39 is 0 Å². The number of rotatable bonds is 6. The molecule has 0 saturated carbocycles. The first-order valence-electron chi connectivity index (χ1n) is 6.45. The van der Waals surface area contributed by atoms with E-state index in [-0.39, 0.29) is 11.2 Å². The van der Waals surface area contributed by atoms with Crippen LogP contribution < -0.4 is 5.32 Å². The SMILES string of the molecule is CC(C)CNCC(C)(C)Cc1cc(F)ccc1Br. The molecule has 0 unspecified atom stereocenters. The Bertz CT molecular complexity index is 388. The normalized spacial score (nSPS) is 12.2. The van der Waals surface area contributed by atoms with Crippen LogP contribution in [-0.4, -0.2) is 13.1 Å². The molecule has 0 bridgehead atoms. The van der Waals surface area contributed by atoms with Crippen LogP contribution in [0.25, 0.3) is 0 Å². The fourth-order valence-corrected chi connectivity index (χ4v) is 2.34. The molecule has 3 heteroatoms. The molecule has 1 nitrogen and oxygen atoms in total. The summed E-state index contributed by atoms with van der Waals surface area (Å²) >= 11 is 3.49. The molecule has 0 atom stereocenters. The Hall–Kier alpha value is -0.410. The molecule has 0 saturated heterocycles. The van der Waals surface area contributed by atoms with E-state index >= 15 is 0 Å². The quantitative estimate of drug-likeness (QED) is 0.820. The predicted octanol–water partition coefficient (Wildman–Crippen LogP) is 4.40. The van der Waals surface area contributed by atoms with Crippen LogP contribution in [0.2, 0.25) is 0 Å². The zero-order chi connectivity index (χ0) is 13.8. The van der Waals surface area contributed by atoms with Crippen molar-refractivity contribution in [2.75, 3.05) is 13.1 Å². The van der Waals surface area contributed by atoms with Crippen LogP contribution in [-0.2, 0) is 6.42 Å². The zero-order valence-corrected chi connectivity index (χ0v) is 13.3. The van der Waals surface area contributed by atoms with Gasteiger partial charge in [0.05, 0.1) is 0 Å². The van der Waals surface area contributed by atoms with Gasteiger partial charge in [-0.15, -0.1) is 0 Å². The van der Waals surface area contributed by atoms with Crippen molar-refractivity contribution in [1.29, 1.82) is 0 Å². The average Bonchev–Trinajstić information content (AvgIpc) is 2.22. The number of hydrogen-bond acceptors (Lipinski definition) is 1. The Morgan fingerprint density at radius 1 is 1.33 bits per heavy atom. The highest BCUT2D eigenvalue weighted by atomic mass is 79.9. The Kier molecular flexibility index (Phi) is 5.80. The van der Waals surface area contributed by atoms with Crippen molar-refractivity contribution in [3.05, 3.63) is 34.1 Å². The third kappa shape index (κ3) is 5.49. The molecule has 0 aliphatic carbocycles. The van der Waals surface area contributed by atoms with Crippen LogP contribution in [0.1, 0.15) is 33.3 Å². The van der Waals surface area contributed by atoms with Gasteiger partial charge in [0.1, 0.15) is 5.82 Å². The van der Waals surface area contributed by atoms with Gasteiger partial charge in [-0.1, -0.05) is 43.6 Å². The predicted molar refractivity (Wildman–Crippen MR) is 79.3 cm³/mol. The summed E-state index contributed by atoms with van der Waals surface area (Å²) in [7, 11) is 0. The molecular weight excluding hydrogens is 293 g/mol. The summed E-state index contributed by atoms with van der Waals surface area (Å²) in [5.41, 5.74) is 1.15. The summed E-state index contributed by atoms with van der Waals surface area (Å²) in [5.74, 6) is 0.487. The summed E-state index contributed by atoms with van der Waals surface area (Å²) in [4.78, 5) is 0. The zero-order valence-electron chi connectivity index (χ0n) is 11.7. The van der Waals surface area contributed by atoms with Gasteiger partial charge in [0.25, 0.3) is 0 Å². The van der Waals surface area contributed by atoms with Gasteiger partial charge in [-0.3, -0.25) is 0 Å². The maximum Gasteiger partial charge on any atom is 0.123 e. The first-order chi connectivity index (χ1) is 8.30. The molecule has 0 amide bonds. The van der Waals surface area contributed by atoms with Crippen molar-refractivity contribution in [2.24, 2.45) is 11.3 Å². The first-order valence-corrected chi connectivity index (χ1v) is 7.24. The molecule has 1 rings (SSSR count). The Morgan fingerprint density at radius 3 is 2.61 bits per heavy atom. The summed E-state index contributed by atoms with van der Waals surface area (Å²) in [5, 5.41) is 3.47. The number of nitrogens with one attached hydrogen (secondary N) is 1. The van der Waals surface area contributed by atoms with Gasteiger partial charge < -0.3 is 5.32 Å². The molecule has 0 aliphatic rings. The lowest BCUT2D eigenvalue weighted by Gasteiger charge is -2.26. The van der Waals surface area contributed by atoms with Crippen LogP contribution in [0.5, 0.6) is 0 Å². The summed E-state index contributed by atoms with van der Waals surface area (Å²) < 4.78 is 14.2. The second-order valence-electron chi connectivity index (χ2n) is 6.10. The van der Waals surface area contributed by atoms with Gasteiger partial charge in [-0.05, 0) is 48.1 Å². The smallest absolute Gasteiger partial charge is 0.123 e. The topological polar surface area (TPSA) is 12.0 Å². The van der Waals surface area contributed by atoms with Crippen molar-refractivity contribution < 1.29 is 4.39 Å². The minimum absolute atomic E-state index is 0.116. The van der Waals surface area contributed by atoms with Crippen molar-refractivity contribution in [3.8, 4) is 0 Å². The average molecular weight is 316 g/mol. The Labute approximate surface area is 118 Å². The molecule has 0 spiro atoms. The van der Waals surface area contributed by atoms with Gasteiger partial charge in [0.2, 0.25) is 0 Å². The highest BCUT2D eigenvalue weighted by Gasteiger charge is 2.19. The highest BCUT2D eigenvalue weighted by molar-refractivity contribution is 9.10. The monoisotopic (exact) mass is 315 g/mol. The van der Waals surface area contributed by atoms with E-state index in [4.69, 9.17) is 0 Å². The molecule has 0 heterocycles. The van der Waals surface area contributed by atoms with Crippen molar-refractivity contribution in [3.63, 3.8) is 0 Å². The number of hydrogen-bond donors (Lipinski definition) is 1. The van der Waals surface area contributed by atoms with Gasteiger partial charge in [-0.2, -0.15) is 0 Å². The van der Waals surface area contributed by atoms with E-state index in [1.54, 1.807) is 12.1 Å². The van der Waals surface area contributed by atoms with E-state index in [0.29, 0.717) is 5.92 Å². The molecule has 1 aromatic carbocycles. The first kappa shape index (κ1) is 15.6. The van der Waals surface area contributed by atoms with E-state index in [9.17, 15) is 4.39 Å². The molecule has 0 aromatic heterocycles. The van der Waals surface area contributed by atoms with Crippen molar-refractivity contribution >= 4 is 15.9 Å². The number of benzene rings is 1. The van der Waals surface area contributed by atoms with E-state index in [1.165, 1.54) is 6.07 Å². The molecule has 1 aromatic rings. The van der Waals surface area contributed by atoms with Crippen molar-refractivity contribution in [1.82, 2.24) is 5.32 Å². The van der Waals surface area contributed by atoms with Gasteiger partial charge in [0, 0.05) is 11.0 Å². The summed E-state index contributed by atoms with van der Waals surface area (Å²) in [6, 6.07) is 4.88. The lowest BCUT2D eigenvalue weighted by molar-refractivity contribution is 0.329. The lowest BCUT2D eigenvalue weighted by Crippen LogP contribution is -2.33. The van der Waals surface area contributed by atoms with E-state index in [0.717, 1.165) is 29.5 Å². The van der Waals surface area contributed by atoms with Crippen LogP contribution in [0.3, 0.4) is 0 Å². The summed E-state index contributed by atoms with van der Waals surface area (Å²) in [6.07, 6.45) is 0.858. The second-order valence-corrected chi connectivity index (χ2v) is 6.96. The Morgan fingerprint density at radius 2 is 2.00 bits per heavy atom. The largest absolute Gasteiger partial charge is 0.316 e. The van der Waals surface area contributed by atoms with E-state index in [2.05, 4.69) is 48.9 Å². The summed E-state index contributed by atoms with van der Waals surface area (Å²) in [6.45, 7) is 10.8. The molecule has 0 radical (unpaired) electrons. The maximum atomic E-state index is 13.2. The fourth-order valence-electron chi connectivity index (χ4n) is 1.96. The second kappa shape index (κ2) is 6.67. The third-order valence-electron chi connectivity index (χ3n) is 2.83. The fraction of sp³-hybridized carbons (Fsp3) is 0.600. The standard InChI is InChI=1S/C15H23BrFN/c1-11(2)9-18-10-15(3,4)8-12-7-13(17)5-6-14(12)16/h5-7,11,18H,8-10H2,1-4H3. The van der Waals surface area contributed by atoms with E-state index in [1.807, 2.05) is 0 Å². The molecule has 102 valence electrons. The highest BCUT2D eigenvalue weighted by Crippen LogP contribution is 2.26. The van der Waals surface area contributed by atoms with Gasteiger partial charge >= 0.3 is 0 Å². The Balaban J connectivity index is 2.61. The molecular formula is C15H23BrFN. The minimum Gasteiger partial charge on any atom is -0.316 e. The molecule has 0 aliphatic heterocycles. The van der Waals surface area contributed by atoms with Gasteiger partial charge in [0.15, 0.2) is 0 Å². The molecule has 1 N–H and O–H groups in total. The van der Waals surface area contributed by atoms with Crippen LogP contribution in [0.15, 0.2) is 22.7 Å². The molecule has 18 heavy (non-hydrogen) atoms. The van der Waals surface area contributed by atoms with Crippen molar-refractivity contribution in [2.45, 2.75) is 34.1 Å². The van der Waals surface area contributed by atoms with Crippen LogP contribution in [0.4, 0.5) is 4.39 Å². The maximum absolute atomic E-state index is 13.2. The molecule has 0 fully saturated rings. The van der Waals surface area contributed by atoms with Crippen LogP contribution >= 0.6 is 15.9 Å². The third-order valence-corrected chi connectivity index (χ3v) is 3.61. The minimum atomic E-state index is -0.167. The number of halogens is 2. The lowest BCUT2D eigenvalue weighted by atomic mass is 9.85. The van der Waals surface area contributed by atoms with Crippen LogP contribution in [0, 0.1) is 17.2 Å².